The third kappa shape index (κ3) is 1.83. The van der Waals surface area contributed by atoms with Crippen molar-refractivity contribution in [2.75, 3.05) is 14.2 Å². The number of hydrogen-bond donors (Lipinski definition) is 0. The molecule has 1 aromatic carbocycles. The maximum Gasteiger partial charge on any atom is 0.164 e. The Balaban J connectivity index is 3.13. The third-order valence-corrected chi connectivity index (χ3v) is 2.45. The molecule has 0 aliphatic heterocycles. The summed E-state index contributed by atoms with van der Waals surface area (Å²) >= 11 is 2.30. The molecule has 0 spiro atoms. The van der Waals surface area contributed by atoms with Crippen molar-refractivity contribution in [3.63, 3.8) is 0 Å². The van der Waals surface area contributed by atoms with Crippen LogP contribution < -0.4 is 9.47 Å². The molecule has 0 aliphatic rings. The lowest BCUT2D eigenvalue weighted by atomic mass is 10.2. The molecule has 12 heavy (non-hydrogen) atoms. The molecule has 0 saturated carbocycles. The smallest absolute Gasteiger partial charge is 0.164 e. The minimum absolute atomic E-state index is 0.798. The Hall–Kier alpha value is -0.450. The van der Waals surface area contributed by atoms with Crippen LogP contribution in [0.5, 0.6) is 11.5 Å². The Morgan fingerprint density at radius 2 is 2.00 bits per heavy atom. The lowest BCUT2D eigenvalue weighted by Gasteiger charge is -2.10. The van der Waals surface area contributed by atoms with Crippen molar-refractivity contribution >= 4 is 22.6 Å². The van der Waals surface area contributed by atoms with Crippen molar-refractivity contribution < 1.29 is 9.47 Å². The van der Waals surface area contributed by atoms with Crippen LogP contribution in [0, 0.1) is 0 Å². The van der Waals surface area contributed by atoms with E-state index in [1.165, 1.54) is 0 Å². The summed E-state index contributed by atoms with van der Waals surface area (Å²) in [6.07, 6.45) is 0. The third-order valence-electron chi connectivity index (χ3n) is 1.63. The highest BCUT2D eigenvalue weighted by Gasteiger charge is 2.06. The van der Waals surface area contributed by atoms with Gasteiger partial charge in [-0.25, -0.2) is 0 Å². The molecular weight excluding hydrogens is 267 g/mol. The molecular formula is C9H11IO2. The first-order valence-electron chi connectivity index (χ1n) is 3.59. The summed E-state index contributed by atoms with van der Waals surface area (Å²) in [5.74, 6) is 1.64. The summed E-state index contributed by atoms with van der Waals surface area (Å²) in [6.45, 7) is 0. The second-order valence-electron chi connectivity index (χ2n) is 2.29. The summed E-state index contributed by atoms with van der Waals surface area (Å²) in [5.41, 5.74) is 1.16. The molecule has 0 fully saturated rings. The second kappa shape index (κ2) is 4.54. The van der Waals surface area contributed by atoms with Gasteiger partial charge in [-0.15, -0.1) is 0 Å². The van der Waals surface area contributed by atoms with Gasteiger partial charge in [0.05, 0.1) is 14.2 Å². The first-order chi connectivity index (χ1) is 5.83. The predicted octanol–water partition coefficient (Wildman–Crippen LogP) is 2.64. The van der Waals surface area contributed by atoms with Gasteiger partial charge in [0, 0.05) is 9.99 Å². The van der Waals surface area contributed by atoms with Gasteiger partial charge in [0.1, 0.15) is 0 Å². The summed E-state index contributed by atoms with van der Waals surface area (Å²) < 4.78 is 11.3. The molecule has 2 nitrogen and oxygen atoms in total. The Bertz CT molecular complexity index is 238. The first-order valence-corrected chi connectivity index (χ1v) is 5.12. The normalized spacial score (nSPS) is 9.58. The van der Waals surface area contributed by atoms with Gasteiger partial charge in [0.2, 0.25) is 0 Å². The van der Waals surface area contributed by atoms with Crippen LogP contribution in [0.15, 0.2) is 18.2 Å². The maximum atomic E-state index is 5.23. The van der Waals surface area contributed by atoms with Crippen LogP contribution in [0.1, 0.15) is 5.56 Å². The van der Waals surface area contributed by atoms with Gasteiger partial charge >= 0.3 is 0 Å². The van der Waals surface area contributed by atoms with Gasteiger partial charge in [-0.1, -0.05) is 34.7 Å². The van der Waals surface area contributed by atoms with E-state index < -0.39 is 0 Å². The molecule has 0 radical (unpaired) electrons. The maximum absolute atomic E-state index is 5.23. The van der Waals surface area contributed by atoms with Crippen LogP contribution in [-0.4, -0.2) is 14.2 Å². The van der Waals surface area contributed by atoms with Crippen molar-refractivity contribution in [1.82, 2.24) is 0 Å². The zero-order valence-electron chi connectivity index (χ0n) is 7.13. The zero-order chi connectivity index (χ0) is 8.97. The number of methoxy groups -OCH3 is 2. The van der Waals surface area contributed by atoms with E-state index in [4.69, 9.17) is 9.47 Å². The van der Waals surface area contributed by atoms with E-state index in [1.54, 1.807) is 14.2 Å². The molecule has 0 aromatic heterocycles. The van der Waals surface area contributed by atoms with E-state index in [-0.39, 0.29) is 0 Å². The number of hydrogen-bond acceptors (Lipinski definition) is 2. The molecule has 0 unspecified atom stereocenters. The SMILES string of the molecule is COc1cccc(CI)c1OC. The fourth-order valence-electron chi connectivity index (χ4n) is 1.06. The second-order valence-corrected chi connectivity index (χ2v) is 3.05. The highest BCUT2D eigenvalue weighted by molar-refractivity contribution is 14.1. The van der Waals surface area contributed by atoms with Crippen molar-refractivity contribution in [1.29, 1.82) is 0 Å². The molecule has 0 N–H and O–H groups in total. The van der Waals surface area contributed by atoms with Crippen molar-refractivity contribution in [3.05, 3.63) is 23.8 Å². The van der Waals surface area contributed by atoms with E-state index in [0.29, 0.717) is 0 Å². The largest absolute Gasteiger partial charge is 0.493 e. The molecule has 0 saturated heterocycles. The van der Waals surface area contributed by atoms with Gasteiger partial charge < -0.3 is 9.47 Å². The van der Waals surface area contributed by atoms with E-state index in [9.17, 15) is 0 Å². The van der Waals surface area contributed by atoms with Crippen molar-refractivity contribution in [2.45, 2.75) is 4.43 Å². The first kappa shape index (κ1) is 9.64. The summed E-state index contributed by atoms with van der Waals surface area (Å²) in [6, 6.07) is 5.90. The Labute approximate surface area is 86.0 Å². The van der Waals surface area contributed by atoms with E-state index in [1.807, 2.05) is 18.2 Å². The van der Waals surface area contributed by atoms with E-state index in [2.05, 4.69) is 22.6 Å². The topological polar surface area (TPSA) is 18.5 Å². The Morgan fingerprint density at radius 3 is 2.50 bits per heavy atom. The van der Waals surface area contributed by atoms with Crippen LogP contribution >= 0.6 is 22.6 Å². The van der Waals surface area contributed by atoms with Crippen LogP contribution in [0.25, 0.3) is 0 Å². The Morgan fingerprint density at radius 1 is 1.25 bits per heavy atom. The quantitative estimate of drug-likeness (QED) is 0.625. The number of ether oxygens (including phenoxy) is 2. The fraction of sp³-hybridized carbons (Fsp3) is 0.333. The Kier molecular flexibility index (Phi) is 3.65. The molecule has 0 heterocycles. The van der Waals surface area contributed by atoms with Crippen LogP contribution in [0.4, 0.5) is 0 Å². The molecule has 0 aliphatic carbocycles. The van der Waals surface area contributed by atoms with Gasteiger partial charge in [-0.05, 0) is 6.07 Å². The van der Waals surface area contributed by atoms with Gasteiger partial charge in [0.15, 0.2) is 11.5 Å². The number of rotatable bonds is 3. The molecule has 0 bridgehead atoms. The van der Waals surface area contributed by atoms with Crippen molar-refractivity contribution in [3.8, 4) is 11.5 Å². The predicted molar refractivity (Wildman–Crippen MR) is 57.3 cm³/mol. The highest BCUT2D eigenvalue weighted by atomic mass is 127. The fourth-order valence-corrected chi connectivity index (χ4v) is 1.66. The number of para-hydroxylation sites is 1. The van der Waals surface area contributed by atoms with Crippen LogP contribution in [-0.2, 0) is 4.43 Å². The highest BCUT2D eigenvalue weighted by Crippen LogP contribution is 2.31. The molecule has 1 rings (SSSR count). The summed E-state index contributed by atoms with van der Waals surface area (Å²) in [4.78, 5) is 0. The monoisotopic (exact) mass is 278 g/mol. The number of benzene rings is 1. The van der Waals surface area contributed by atoms with Gasteiger partial charge in [0.25, 0.3) is 0 Å². The molecule has 3 heteroatoms. The molecule has 0 atom stereocenters. The number of halogens is 1. The molecule has 1 aromatic rings. The van der Waals surface area contributed by atoms with Gasteiger partial charge in [-0.2, -0.15) is 0 Å². The van der Waals surface area contributed by atoms with E-state index in [0.717, 1.165) is 21.5 Å². The summed E-state index contributed by atoms with van der Waals surface area (Å²) in [5, 5.41) is 0. The van der Waals surface area contributed by atoms with Crippen molar-refractivity contribution in [2.24, 2.45) is 0 Å². The average molecular weight is 278 g/mol. The number of alkyl halides is 1. The minimum atomic E-state index is 0.798. The van der Waals surface area contributed by atoms with Crippen LogP contribution in [0.2, 0.25) is 0 Å². The summed E-state index contributed by atoms with van der Waals surface area (Å²) in [7, 11) is 3.31. The van der Waals surface area contributed by atoms with E-state index >= 15 is 0 Å². The molecule has 0 amide bonds. The average Bonchev–Trinajstić information content (AvgIpc) is 2.16. The molecule has 66 valence electrons. The lowest BCUT2D eigenvalue weighted by Crippen LogP contribution is -1.93. The standard InChI is InChI=1S/C9H11IO2/c1-11-8-5-3-4-7(6-10)9(8)12-2/h3-5H,6H2,1-2H3. The lowest BCUT2D eigenvalue weighted by molar-refractivity contribution is 0.353. The minimum Gasteiger partial charge on any atom is -0.493 e. The van der Waals surface area contributed by atoms with Crippen LogP contribution in [0.3, 0.4) is 0 Å². The zero-order valence-corrected chi connectivity index (χ0v) is 9.29. The van der Waals surface area contributed by atoms with Gasteiger partial charge in [-0.3, -0.25) is 0 Å².